The summed E-state index contributed by atoms with van der Waals surface area (Å²) in [4.78, 5) is 11.6. The van der Waals surface area contributed by atoms with Crippen molar-refractivity contribution in [1.82, 2.24) is 9.78 Å². The lowest BCUT2D eigenvalue weighted by molar-refractivity contribution is -0.144. The molecule has 2 atom stereocenters. The molecule has 2 saturated carbocycles. The van der Waals surface area contributed by atoms with E-state index in [-0.39, 0.29) is 5.97 Å². The number of esters is 1. The number of fused-ring (bicyclic) bond motifs is 3. The molecule has 0 bridgehead atoms. The second-order valence-corrected chi connectivity index (χ2v) is 5.79. The van der Waals surface area contributed by atoms with Gasteiger partial charge in [-0.25, -0.2) is 0 Å². The first-order chi connectivity index (χ1) is 8.78. The van der Waals surface area contributed by atoms with Crippen molar-refractivity contribution in [2.24, 2.45) is 5.92 Å². The Labute approximate surface area is 106 Å². The van der Waals surface area contributed by atoms with E-state index in [9.17, 15) is 4.79 Å². The van der Waals surface area contributed by atoms with E-state index in [2.05, 4.69) is 0 Å². The highest BCUT2D eigenvalue weighted by atomic mass is 16.5. The minimum Gasteiger partial charge on any atom is -0.465 e. The first-order valence-electron chi connectivity index (χ1n) is 7.03. The third-order valence-corrected chi connectivity index (χ3v) is 4.42. The molecular weight excluding hydrogens is 228 g/mol. The Morgan fingerprint density at radius 1 is 1.50 bits per heavy atom. The molecule has 1 heterocycles. The summed E-state index contributed by atoms with van der Waals surface area (Å²) in [5, 5.41) is 4.71. The summed E-state index contributed by atoms with van der Waals surface area (Å²) in [5.74, 6) is 2.14. The summed E-state index contributed by atoms with van der Waals surface area (Å²) in [6.45, 7) is 2.58. The number of nitrogens with zero attached hydrogens (tertiary/aromatic N) is 2. The number of aromatic nitrogens is 2. The first kappa shape index (κ1) is 10.6. The van der Waals surface area contributed by atoms with Gasteiger partial charge in [-0.3, -0.25) is 9.48 Å². The molecule has 0 aromatic carbocycles. The second kappa shape index (κ2) is 3.59. The molecule has 0 radical (unpaired) electrons. The molecular formula is C14H18N2O2. The van der Waals surface area contributed by atoms with Crippen LogP contribution in [0.15, 0.2) is 0 Å². The summed E-state index contributed by atoms with van der Waals surface area (Å²) in [6.07, 6.45) is 5.03. The van der Waals surface area contributed by atoms with Crippen molar-refractivity contribution < 1.29 is 9.53 Å². The highest BCUT2D eigenvalue weighted by Crippen LogP contribution is 2.59. The van der Waals surface area contributed by atoms with Crippen molar-refractivity contribution in [2.75, 3.05) is 6.61 Å². The molecule has 0 aliphatic heterocycles. The van der Waals surface area contributed by atoms with Crippen LogP contribution in [-0.4, -0.2) is 22.4 Å². The predicted octanol–water partition coefficient (Wildman–Crippen LogP) is 1.98. The van der Waals surface area contributed by atoms with Gasteiger partial charge in [-0.1, -0.05) is 0 Å². The van der Waals surface area contributed by atoms with Crippen LogP contribution in [0.5, 0.6) is 0 Å². The smallest absolute Gasteiger partial charge is 0.327 e. The number of hydrogen-bond acceptors (Lipinski definition) is 3. The van der Waals surface area contributed by atoms with Crippen LogP contribution in [0.25, 0.3) is 0 Å². The maximum Gasteiger partial charge on any atom is 0.327 e. The van der Waals surface area contributed by atoms with Crippen molar-refractivity contribution in [3.63, 3.8) is 0 Å². The van der Waals surface area contributed by atoms with Gasteiger partial charge in [0.1, 0.15) is 6.54 Å². The molecule has 0 amide bonds. The standard InChI is InChI=1S/C14H18N2O2/c1-2-18-12(17)7-16-11-6-9-5-10(9)13(11)14(15-16)8-3-4-8/h8-10H,2-7H2,1H3/t9-,10-/m0/s1. The minimum atomic E-state index is -0.161. The summed E-state index contributed by atoms with van der Waals surface area (Å²) in [5.41, 5.74) is 4.14. The SMILES string of the molecule is CCOC(=O)Cn1nc(C2CC2)c2c1C[C@@H]1C[C@H]21. The van der Waals surface area contributed by atoms with E-state index in [0.29, 0.717) is 19.1 Å². The van der Waals surface area contributed by atoms with Crippen molar-refractivity contribution in [2.45, 2.75) is 51.0 Å². The molecule has 1 aromatic rings. The van der Waals surface area contributed by atoms with Crippen molar-refractivity contribution >= 4 is 5.97 Å². The Kier molecular flexibility index (Phi) is 2.11. The van der Waals surface area contributed by atoms with Gasteiger partial charge in [-0.15, -0.1) is 0 Å². The summed E-state index contributed by atoms with van der Waals surface area (Å²) >= 11 is 0. The quantitative estimate of drug-likeness (QED) is 0.763. The van der Waals surface area contributed by atoms with Crippen LogP contribution >= 0.6 is 0 Å². The fourth-order valence-electron chi connectivity index (χ4n) is 3.34. The topological polar surface area (TPSA) is 44.1 Å². The van der Waals surface area contributed by atoms with E-state index in [4.69, 9.17) is 9.84 Å². The molecule has 18 heavy (non-hydrogen) atoms. The van der Waals surface area contributed by atoms with Gasteiger partial charge in [0.05, 0.1) is 12.3 Å². The molecule has 0 unspecified atom stereocenters. The average Bonchev–Trinajstić information content (AvgIpc) is 3.23. The highest BCUT2D eigenvalue weighted by Gasteiger charge is 2.50. The van der Waals surface area contributed by atoms with Gasteiger partial charge in [0, 0.05) is 17.2 Å². The average molecular weight is 246 g/mol. The maximum absolute atomic E-state index is 11.6. The van der Waals surface area contributed by atoms with E-state index < -0.39 is 0 Å². The van der Waals surface area contributed by atoms with Crippen LogP contribution < -0.4 is 0 Å². The number of rotatable bonds is 4. The molecule has 0 N–H and O–H groups in total. The van der Waals surface area contributed by atoms with E-state index in [1.165, 1.54) is 36.2 Å². The summed E-state index contributed by atoms with van der Waals surface area (Å²) < 4.78 is 6.95. The Bertz CT molecular complexity index is 516. The van der Waals surface area contributed by atoms with Gasteiger partial charge in [0.2, 0.25) is 0 Å². The van der Waals surface area contributed by atoms with Crippen molar-refractivity contribution in [3.05, 3.63) is 17.0 Å². The number of ether oxygens (including phenoxy) is 1. The Hall–Kier alpha value is -1.32. The highest BCUT2D eigenvalue weighted by molar-refractivity contribution is 5.69. The zero-order valence-corrected chi connectivity index (χ0v) is 10.7. The number of carbonyl (C=O) groups excluding carboxylic acids is 1. The van der Waals surface area contributed by atoms with Gasteiger partial charge in [0.15, 0.2) is 0 Å². The Morgan fingerprint density at radius 2 is 2.33 bits per heavy atom. The lowest BCUT2D eigenvalue weighted by Crippen LogP contribution is -2.16. The predicted molar refractivity (Wildman–Crippen MR) is 65.4 cm³/mol. The van der Waals surface area contributed by atoms with Crippen LogP contribution in [0.3, 0.4) is 0 Å². The molecule has 4 nitrogen and oxygen atoms in total. The Morgan fingerprint density at radius 3 is 3.06 bits per heavy atom. The zero-order chi connectivity index (χ0) is 12.3. The fourth-order valence-corrected chi connectivity index (χ4v) is 3.34. The molecule has 3 aliphatic carbocycles. The molecule has 1 aromatic heterocycles. The molecule has 2 fully saturated rings. The van der Waals surface area contributed by atoms with E-state index in [1.54, 1.807) is 0 Å². The summed E-state index contributed by atoms with van der Waals surface area (Å²) in [7, 11) is 0. The molecule has 4 rings (SSSR count). The maximum atomic E-state index is 11.6. The fraction of sp³-hybridized carbons (Fsp3) is 0.714. The second-order valence-electron chi connectivity index (χ2n) is 5.79. The third-order valence-electron chi connectivity index (χ3n) is 4.42. The third kappa shape index (κ3) is 1.51. The van der Waals surface area contributed by atoms with Gasteiger partial charge < -0.3 is 4.74 Å². The zero-order valence-electron chi connectivity index (χ0n) is 10.7. The number of carbonyl (C=O) groups is 1. The van der Waals surface area contributed by atoms with Crippen LogP contribution in [-0.2, 0) is 22.5 Å². The van der Waals surface area contributed by atoms with Gasteiger partial charge in [0.25, 0.3) is 0 Å². The molecule has 3 aliphatic rings. The van der Waals surface area contributed by atoms with E-state index >= 15 is 0 Å². The molecule has 0 spiro atoms. The monoisotopic (exact) mass is 246 g/mol. The van der Waals surface area contributed by atoms with Gasteiger partial charge in [-0.2, -0.15) is 5.10 Å². The van der Waals surface area contributed by atoms with Crippen LogP contribution in [0.1, 0.15) is 55.0 Å². The molecule has 4 heteroatoms. The van der Waals surface area contributed by atoms with Gasteiger partial charge >= 0.3 is 5.97 Å². The number of hydrogen-bond donors (Lipinski definition) is 0. The van der Waals surface area contributed by atoms with Crippen LogP contribution in [0.4, 0.5) is 0 Å². The van der Waals surface area contributed by atoms with E-state index in [1.807, 2.05) is 11.6 Å². The van der Waals surface area contributed by atoms with Crippen molar-refractivity contribution in [3.8, 4) is 0 Å². The minimum absolute atomic E-state index is 0.161. The largest absolute Gasteiger partial charge is 0.465 e. The first-order valence-corrected chi connectivity index (χ1v) is 7.03. The van der Waals surface area contributed by atoms with E-state index in [0.717, 1.165) is 18.3 Å². The Balaban J connectivity index is 1.65. The van der Waals surface area contributed by atoms with Gasteiger partial charge in [-0.05, 0) is 44.4 Å². The van der Waals surface area contributed by atoms with Crippen LogP contribution in [0.2, 0.25) is 0 Å². The van der Waals surface area contributed by atoms with Crippen LogP contribution in [0, 0.1) is 5.92 Å². The van der Waals surface area contributed by atoms with Crippen molar-refractivity contribution in [1.29, 1.82) is 0 Å². The normalized spacial score (nSPS) is 27.8. The lowest BCUT2D eigenvalue weighted by atomic mass is 10.1. The lowest BCUT2D eigenvalue weighted by Gasteiger charge is -2.05. The molecule has 0 saturated heterocycles. The molecule has 96 valence electrons. The summed E-state index contributed by atoms with van der Waals surface area (Å²) in [6, 6.07) is 0.